The predicted molar refractivity (Wildman–Crippen MR) is 116 cm³/mol. The average molecular weight is 419 g/mol. The molecule has 2 atom stereocenters. The minimum atomic E-state index is -1.77. The second-order valence-corrected chi connectivity index (χ2v) is 7.20. The van der Waals surface area contributed by atoms with Crippen molar-refractivity contribution in [1.29, 1.82) is 0 Å². The molecule has 0 heterocycles. The van der Waals surface area contributed by atoms with E-state index < -0.39 is 24.0 Å². The van der Waals surface area contributed by atoms with E-state index in [0.29, 0.717) is 12.2 Å². The summed E-state index contributed by atoms with van der Waals surface area (Å²) in [7, 11) is 0. The quantitative estimate of drug-likeness (QED) is 0.252. The van der Waals surface area contributed by atoms with E-state index in [1.807, 2.05) is 19.1 Å². The third-order valence-corrected chi connectivity index (χ3v) is 4.25. The molecule has 0 saturated carbocycles. The van der Waals surface area contributed by atoms with E-state index in [9.17, 15) is 9.59 Å². The van der Waals surface area contributed by atoms with Crippen molar-refractivity contribution < 1.29 is 28.5 Å². The molecule has 166 valence electrons. The highest BCUT2D eigenvalue weighted by molar-refractivity contribution is 5.87. The maximum absolute atomic E-state index is 12.4. The third-order valence-electron chi connectivity index (χ3n) is 4.25. The van der Waals surface area contributed by atoms with Crippen LogP contribution in [-0.4, -0.2) is 30.6 Å². The molecule has 1 aromatic rings. The summed E-state index contributed by atoms with van der Waals surface area (Å²) in [6.45, 7) is 16.3. The van der Waals surface area contributed by atoms with Crippen LogP contribution in [0.2, 0.25) is 0 Å². The second kappa shape index (κ2) is 12.2. The van der Waals surface area contributed by atoms with Gasteiger partial charge < -0.3 is 18.9 Å². The summed E-state index contributed by atoms with van der Waals surface area (Å²) < 4.78 is 22.9. The number of benzene rings is 1. The highest BCUT2D eigenvalue weighted by atomic mass is 16.9. The number of hydrogen-bond donors (Lipinski definition) is 0. The van der Waals surface area contributed by atoms with Crippen LogP contribution >= 0.6 is 0 Å². The van der Waals surface area contributed by atoms with Crippen molar-refractivity contribution >= 4 is 11.9 Å². The lowest BCUT2D eigenvalue weighted by atomic mass is 10.1. The molecular formula is C24H34O6. The van der Waals surface area contributed by atoms with Crippen molar-refractivity contribution in [3.8, 4) is 5.75 Å². The molecule has 0 aliphatic carbocycles. The molecule has 6 heteroatoms. The van der Waals surface area contributed by atoms with Crippen LogP contribution < -0.4 is 4.74 Å². The summed E-state index contributed by atoms with van der Waals surface area (Å²) in [5.74, 6) is -2.49. The molecule has 1 rings (SSSR count). The minimum absolute atomic E-state index is 0.00785. The van der Waals surface area contributed by atoms with Gasteiger partial charge in [-0.15, -0.1) is 0 Å². The summed E-state index contributed by atoms with van der Waals surface area (Å²) in [4.78, 5) is 24.4. The fraction of sp³-hybridized carbons (Fsp3) is 0.500. The molecular weight excluding hydrogens is 384 g/mol. The van der Waals surface area contributed by atoms with Crippen molar-refractivity contribution in [2.24, 2.45) is 0 Å². The first-order valence-electron chi connectivity index (χ1n) is 10.3. The van der Waals surface area contributed by atoms with Crippen LogP contribution in [0, 0.1) is 0 Å². The molecule has 0 aliphatic heterocycles. The van der Waals surface area contributed by atoms with Crippen LogP contribution in [-0.2, 0) is 30.2 Å². The topological polar surface area (TPSA) is 71.1 Å². The summed E-state index contributed by atoms with van der Waals surface area (Å²) in [6, 6.07) is 7.51. The SMILES string of the molecule is C=C(C)C(=O)OC(CC)CC(OCC)(OC(=O)C(=C)C)Oc1ccc(CCC)cc1. The Morgan fingerprint density at radius 2 is 1.60 bits per heavy atom. The summed E-state index contributed by atoms with van der Waals surface area (Å²) in [5, 5.41) is 0. The number of carbonyl (C=O) groups excluding carboxylic acids is 2. The lowest BCUT2D eigenvalue weighted by molar-refractivity contribution is -0.332. The highest BCUT2D eigenvalue weighted by Crippen LogP contribution is 2.29. The van der Waals surface area contributed by atoms with Crippen LogP contribution in [0.4, 0.5) is 0 Å². The molecule has 0 aliphatic rings. The zero-order valence-electron chi connectivity index (χ0n) is 18.8. The van der Waals surface area contributed by atoms with Crippen LogP contribution in [0.25, 0.3) is 0 Å². The summed E-state index contributed by atoms with van der Waals surface area (Å²) >= 11 is 0. The number of aryl methyl sites for hydroxylation is 1. The minimum Gasteiger partial charge on any atom is -0.459 e. The fourth-order valence-corrected chi connectivity index (χ4v) is 2.66. The summed E-state index contributed by atoms with van der Waals surface area (Å²) in [5.41, 5.74) is 1.65. The molecule has 2 unspecified atom stereocenters. The average Bonchev–Trinajstić information content (AvgIpc) is 2.69. The maximum atomic E-state index is 12.4. The van der Waals surface area contributed by atoms with Crippen molar-refractivity contribution in [2.45, 2.75) is 72.4 Å². The molecule has 30 heavy (non-hydrogen) atoms. The second-order valence-electron chi connectivity index (χ2n) is 7.20. The standard InChI is InChI=1S/C24H34O6/c1-8-11-19-12-14-21(15-13-19)29-24(27-10-3,30-23(26)18(6)7)16-20(9-2)28-22(25)17(4)5/h12-15,20H,4,6,8-11,16H2,1-3,5,7H3. The van der Waals surface area contributed by atoms with E-state index in [2.05, 4.69) is 20.1 Å². The Balaban J connectivity index is 3.22. The van der Waals surface area contributed by atoms with Gasteiger partial charge in [-0.25, -0.2) is 9.59 Å². The van der Waals surface area contributed by atoms with E-state index in [0.717, 1.165) is 12.8 Å². The van der Waals surface area contributed by atoms with E-state index in [4.69, 9.17) is 18.9 Å². The van der Waals surface area contributed by atoms with Crippen LogP contribution in [0.3, 0.4) is 0 Å². The molecule has 0 fully saturated rings. The molecule has 0 saturated heterocycles. The van der Waals surface area contributed by atoms with Gasteiger partial charge in [0.05, 0.1) is 13.0 Å². The van der Waals surface area contributed by atoms with Crippen LogP contribution in [0.5, 0.6) is 5.75 Å². The first-order valence-corrected chi connectivity index (χ1v) is 10.3. The van der Waals surface area contributed by atoms with E-state index in [-0.39, 0.29) is 24.2 Å². The molecule has 0 aromatic heterocycles. The molecule has 0 radical (unpaired) electrons. The van der Waals surface area contributed by atoms with Gasteiger partial charge in [0.15, 0.2) is 0 Å². The number of esters is 2. The molecule has 0 spiro atoms. The van der Waals surface area contributed by atoms with Gasteiger partial charge in [-0.3, -0.25) is 0 Å². The van der Waals surface area contributed by atoms with Gasteiger partial charge in [-0.05, 0) is 51.3 Å². The Morgan fingerprint density at radius 1 is 1.00 bits per heavy atom. The number of hydrogen-bond acceptors (Lipinski definition) is 6. The lowest BCUT2D eigenvalue weighted by Crippen LogP contribution is -2.47. The smallest absolute Gasteiger partial charge is 0.377 e. The van der Waals surface area contributed by atoms with E-state index in [1.165, 1.54) is 12.5 Å². The predicted octanol–water partition coefficient (Wildman–Crippen LogP) is 5.12. The monoisotopic (exact) mass is 418 g/mol. The third kappa shape index (κ3) is 8.03. The van der Waals surface area contributed by atoms with Gasteiger partial charge in [0, 0.05) is 11.1 Å². The number of carbonyl (C=O) groups is 2. The first kappa shape index (κ1) is 25.4. The lowest BCUT2D eigenvalue weighted by Gasteiger charge is -2.35. The Hall–Kier alpha value is -2.60. The van der Waals surface area contributed by atoms with Gasteiger partial charge in [-0.2, -0.15) is 0 Å². The number of rotatable bonds is 13. The van der Waals surface area contributed by atoms with Crippen molar-refractivity contribution in [3.05, 3.63) is 54.1 Å². The molecule has 0 amide bonds. The largest absolute Gasteiger partial charge is 0.459 e. The van der Waals surface area contributed by atoms with Gasteiger partial charge in [-0.1, -0.05) is 45.6 Å². The Kier molecular flexibility index (Phi) is 10.3. The van der Waals surface area contributed by atoms with Gasteiger partial charge >= 0.3 is 17.9 Å². The van der Waals surface area contributed by atoms with Gasteiger partial charge in [0.25, 0.3) is 0 Å². The van der Waals surface area contributed by atoms with Crippen LogP contribution in [0.1, 0.15) is 59.4 Å². The Morgan fingerprint density at radius 3 is 2.07 bits per heavy atom. The van der Waals surface area contributed by atoms with E-state index >= 15 is 0 Å². The number of ether oxygens (including phenoxy) is 4. The molecule has 0 bridgehead atoms. The van der Waals surface area contributed by atoms with E-state index in [1.54, 1.807) is 26.0 Å². The Bertz CT molecular complexity index is 737. The van der Waals surface area contributed by atoms with Gasteiger partial charge in [0.2, 0.25) is 0 Å². The van der Waals surface area contributed by atoms with Crippen LogP contribution in [0.15, 0.2) is 48.6 Å². The molecule has 0 N–H and O–H groups in total. The zero-order valence-corrected chi connectivity index (χ0v) is 18.8. The summed E-state index contributed by atoms with van der Waals surface area (Å²) in [6.07, 6.45) is 1.84. The van der Waals surface area contributed by atoms with Crippen molar-refractivity contribution in [3.63, 3.8) is 0 Å². The maximum Gasteiger partial charge on any atom is 0.377 e. The van der Waals surface area contributed by atoms with Crippen molar-refractivity contribution in [2.75, 3.05) is 6.61 Å². The van der Waals surface area contributed by atoms with Gasteiger partial charge in [0.1, 0.15) is 11.9 Å². The first-order chi connectivity index (χ1) is 14.2. The normalized spacial score (nSPS) is 13.6. The zero-order chi connectivity index (χ0) is 22.7. The fourth-order valence-electron chi connectivity index (χ4n) is 2.66. The highest BCUT2D eigenvalue weighted by Gasteiger charge is 2.42. The Labute approximate surface area is 179 Å². The molecule has 1 aromatic carbocycles. The van der Waals surface area contributed by atoms with Crippen molar-refractivity contribution in [1.82, 2.24) is 0 Å². The molecule has 6 nitrogen and oxygen atoms in total.